The third kappa shape index (κ3) is 1.92. The Morgan fingerprint density at radius 1 is 1.27 bits per heavy atom. The zero-order valence-corrected chi connectivity index (χ0v) is 11.9. The van der Waals surface area contributed by atoms with Gasteiger partial charge in [-0.25, -0.2) is 9.69 Å². The molecule has 2 amide bonds. The van der Waals surface area contributed by atoms with Gasteiger partial charge < -0.3 is 9.47 Å². The number of anilines is 1. The molecule has 8 heteroatoms. The molecule has 1 fully saturated rings. The third-order valence-corrected chi connectivity index (χ3v) is 3.63. The molecule has 0 unspecified atom stereocenters. The lowest BCUT2D eigenvalue weighted by Crippen LogP contribution is -2.36. The van der Waals surface area contributed by atoms with Gasteiger partial charge in [0.25, 0.3) is 5.91 Å². The van der Waals surface area contributed by atoms with Gasteiger partial charge in [0.2, 0.25) is 5.91 Å². The summed E-state index contributed by atoms with van der Waals surface area (Å²) in [5, 5.41) is 3.75. The number of carbonyl (C=O) groups excluding carboxylic acids is 3. The minimum Gasteiger partial charge on any atom is -0.497 e. The van der Waals surface area contributed by atoms with Gasteiger partial charge in [-0.05, 0) is 12.1 Å². The lowest BCUT2D eigenvalue weighted by molar-refractivity contribution is -0.133. The van der Waals surface area contributed by atoms with Crippen LogP contribution in [0.3, 0.4) is 0 Å². The molecule has 2 aliphatic heterocycles. The fraction of sp³-hybridized carbons (Fsp3) is 0.286. The van der Waals surface area contributed by atoms with Gasteiger partial charge in [-0.2, -0.15) is 5.10 Å². The molecule has 0 saturated carbocycles. The molecule has 0 aromatic heterocycles. The standard InChI is InChI=1S/C14H13N3O5/c1-21-8-5-3-4-7(6-8)17-12(18)9-10(13(17)19)15-16-11(9)14(20)22-2/h3-6,9-10,15H,1-2H3/t9-,10-/m0/s1. The third-order valence-electron chi connectivity index (χ3n) is 3.63. The maximum absolute atomic E-state index is 12.6. The number of fused-ring (bicyclic) bond motifs is 1. The molecule has 1 aromatic carbocycles. The van der Waals surface area contributed by atoms with E-state index in [1.807, 2.05) is 0 Å². The second-order valence-corrected chi connectivity index (χ2v) is 4.79. The summed E-state index contributed by atoms with van der Waals surface area (Å²) >= 11 is 0. The number of ether oxygens (including phenoxy) is 2. The number of imide groups is 1. The van der Waals surface area contributed by atoms with Crippen molar-refractivity contribution in [3.05, 3.63) is 24.3 Å². The summed E-state index contributed by atoms with van der Waals surface area (Å²) in [7, 11) is 2.68. The zero-order chi connectivity index (χ0) is 15.9. The van der Waals surface area contributed by atoms with Gasteiger partial charge in [-0.15, -0.1) is 0 Å². The number of benzene rings is 1. The van der Waals surface area contributed by atoms with Crippen molar-refractivity contribution in [1.82, 2.24) is 5.43 Å². The molecule has 1 aromatic rings. The molecular weight excluding hydrogens is 290 g/mol. The number of nitrogens with zero attached hydrogens (tertiary/aromatic N) is 2. The minimum atomic E-state index is -0.967. The van der Waals surface area contributed by atoms with Crippen molar-refractivity contribution >= 4 is 29.2 Å². The lowest BCUT2D eigenvalue weighted by atomic mass is 9.99. The smallest absolute Gasteiger partial charge is 0.355 e. The van der Waals surface area contributed by atoms with Crippen molar-refractivity contribution in [3.8, 4) is 5.75 Å². The first kappa shape index (κ1) is 14.1. The van der Waals surface area contributed by atoms with Crippen molar-refractivity contribution < 1.29 is 23.9 Å². The summed E-state index contributed by atoms with van der Waals surface area (Å²) in [5.74, 6) is -2.16. The summed E-state index contributed by atoms with van der Waals surface area (Å²) in [6.07, 6.45) is 0. The summed E-state index contributed by atoms with van der Waals surface area (Å²) in [5.41, 5.74) is 2.83. The van der Waals surface area contributed by atoms with E-state index in [9.17, 15) is 14.4 Å². The van der Waals surface area contributed by atoms with Gasteiger partial charge in [-0.1, -0.05) is 6.07 Å². The molecule has 2 atom stereocenters. The number of methoxy groups -OCH3 is 2. The van der Waals surface area contributed by atoms with E-state index < -0.39 is 29.7 Å². The lowest BCUT2D eigenvalue weighted by Gasteiger charge is -2.16. The van der Waals surface area contributed by atoms with Crippen LogP contribution in [-0.2, 0) is 19.1 Å². The van der Waals surface area contributed by atoms with Gasteiger partial charge in [-0.3, -0.25) is 15.0 Å². The first-order chi connectivity index (χ1) is 10.6. The van der Waals surface area contributed by atoms with Crippen LogP contribution >= 0.6 is 0 Å². The molecule has 8 nitrogen and oxygen atoms in total. The van der Waals surface area contributed by atoms with E-state index in [1.165, 1.54) is 14.2 Å². The Balaban J connectivity index is 1.96. The van der Waals surface area contributed by atoms with Gasteiger partial charge in [0.1, 0.15) is 17.7 Å². The monoisotopic (exact) mass is 303 g/mol. The molecule has 1 saturated heterocycles. The second-order valence-electron chi connectivity index (χ2n) is 4.79. The van der Waals surface area contributed by atoms with Gasteiger partial charge in [0.15, 0.2) is 5.71 Å². The van der Waals surface area contributed by atoms with Crippen molar-refractivity contribution in [2.24, 2.45) is 11.0 Å². The predicted molar refractivity (Wildman–Crippen MR) is 75.4 cm³/mol. The van der Waals surface area contributed by atoms with E-state index in [-0.39, 0.29) is 5.71 Å². The normalized spacial score (nSPS) is 23.0. The molecule has 3 rings (SSSR count). The van der Waals surface area contributed by atoms with Crippen molar-refractivity contribution in [1.29, 1.82) is 0 Å². The topological polar surface area (TPSA) is 97.3 Å². The summed E-state index contributed by atoms with van der Waals surface area (Å²) < 4.78 is 9.68. The Morgan fingerprint density at radius 2 is 2.05 bits per heavy atom. The van der Waals surface area contributed by atoms with Crippen LogP contribution in [0, 0.1) is 5.92 Å². The van der Waals surface area contributed by atoms with Crippen molar-refractivity contribution in [3.63, 3.8) is 0 Å². The van der Waals surface area contributed by atoms with Gasteiger partial charge >= 0.3 is 5.97 Å². The van der Waals surface area contributed by atoms with E-state index in [0.29, 0.717) is 11.4 Å². The molecule has 0 spiro atoms. The summed E-state index contributed by atoms with van der Waals surface area (Å²) in [6.45, 7) is 0. The van der Waals surface area contributed by atoms with E-state index in [0.717, 1.165) is 4.90 Å². The summed E-state index contributed by atoms with van der Waals surface area (Å²) in [6, 6.07) is 5.69. The Morgan fingerprint density at radius 3 is 2.73 bits per heavy atom. The van der Waals surface area contributed by atoms with Crippen LogP contribution in [0.5, 0.6) is 5.75 Å². The maximum Gasteiger partial charge on any atom is 0.355 e. The Hall–Kier alpha value is -2.90. The molecule has 1 N–H and O–H groups in total. The van der Waals surface area contributed by atoms with Crippen molar-refractivity contribution in [2.45, 2.75) is 6.04 Å². The molecule has 114 valence electrons. The summed E-state index contributed by atoms with van der Waals surface area (Å²) in [4.78, 5) is 37.7. The van der Waals surface area contributed by atoms with Crippen LogP contribution in [0.15, 0.2) is 29.4 Å². The van der Waals surface area contributed by atoms with E-state index in [1.54, 1.807) is 24.3 Å². The predicted octanol–water partition coefficient (Wildman–Crippen LogP) is -0.315. The highest BCUT2D eigenvalue weighted by Gasteiger charge is 2.55. The highest BCUT2D eigenvalue weighted by Crippen LogP contribution is 2.32. The zero-order valence-electron chi connectivity index (χ0n) is 11.9. The first-order valence-corrected chi connectivity index (χ1v) is 6.51. The number of nitrogens with one attached hydrogen (secondary N) is 1. The quantitative estimate of drug-likeness (QED) is 0.607. The van der Waals surface area contributed by atoms with Crippen LogP contribution in [0.1, 0.15) is 0 Å². The van der Waals surface area contributed by atoms with Crippen LogP contribution < -0.4 is 15.1 Å². The Bertz CT molecular complexity index is 699. The number of esters is 1. The number of hydrazone groups is 1. The molecule has 0 bridgehead atoms. The number of rotatable bonds is 3. The molecule has 0 aliphatic carbocycles. The average molecular weight is 303 g/mol. The SMILES string of the molecule is COC(=O)C1=NN[C@@H]2C(=O)N(c3cccc(OC)c3)C(=O)[C@H]12. The van der Waals surface area contributed by atoms with Crippen LogP contribution in [0.2, 0.25) is 0 Å². The minimum absolute atomic E-state index is 0.0868. The highest BCUT2D eigenvalue weighted by molar-refractivity contribution is 6.46. The molecule has 0 radical (unpaired) electrons. The molecule has 2 aliphatic rings. The van der Waals surface area contributed by atoms with E-state index in [2.05, 4.69) is 15.3 Å². The fourth-order valence-corrected chi connectivity index (χ4v) is 2.57. The second kappa shape index (κ2) is 5.14. The van der Waals surface area contributed by atoms with E-state index >= 15 is 0 Å². The Labute approximate surface area is 125 Å². The van der Waals surface area contributed by atoms with Crippen molar-refractivity contribution in [2.75, 3.05) is 19.1 Å². The molecule has 22 heavy (non-hydrogen) atoms. The first-order valence-electron chi connectivity index (χ1n) is 6.51. The number of carbonyl (C=O) groups is 3. The van der Waals surface area contributed by atoms with Gasteiger partial charge in [0, 0.05) is 6.07 Å². The average Bonchev–Trinajstić information content (AvgIpc) is 3.08. The highest BCUT2D eigenvalue weighted by atomic mass is 16.5. The molecule has 2 heterocycles. The van der Waals surface area contributed by atoms with Gasteiger partial charge in [0.05, 0.1) is 19.9 Å². The van der Waals surface area contributed by atoms with Crippen LogP contribution in [0.25, 0.3) is 0 Å². The van der Waals surface area contributed by atoms with Crippen LogP contribution in [-0.4, -0.2) is 43.8 Å². The maximum atomic E-state index is 12.6. The number of hydrogen-bond donors (Lipinski definition) is 1. The largest absolute Gasteiger partial charge is 0.497 e. The number of amides is 2. The van der Waals surface area contributed by atoms with E-state index in [4.69, 9.17) is 4.74 Å². The Kier molecular flexibility index (Phi) is 3.28. The number of hydrogen-bond acceptors (Lipinski definition) is 7. The fourth-order valence-electron chi connectivity index (χ4n) is 2.57. The molecular formula is C14H13N3O5. The van der Waals surface area contributed by atoms with Crippen LogP contribution in [0.4, 0.5) is 5.69 Å².